The lowest BCUT2D eigenvalue weighted by atomic mass is 10.1. The fourth-order valence-corrected chi connectivity index (χ4v) is 1.89. The maximum absolute atomic E-state index is 12.0. The summed E-state index contributed by atoms with van der Waals surface area (Å²) in [6.45, 7) is 0. The molecule has 6 heteroatoms. The van der Waals surface area contributed by atoms with Gasteiger partial charge in [-0.05, 0) is 18.2 Å². The zero-order valence-electron chi connectivity index (χ0n) is 9.64. The Kier molecular flexibility index (Phi) is 4.24. The number of hydrogen-bond donors (Lipinski definition) is 0. The minimum absolute atomic E-state index is 0.00833. The summed E-state index contributed by atoms with van der Waals surface area (Å²) >= 11 is 11.7. The molecule has 0 unspecified atom stereocenters. The van der Waals surface area contributed by atoms with Crippen LogP contribution in [0.2, 0.25) is 10.0 Å². The van der Waals surface area contributed by atoms with E-state index in [1.165, 1.54) is 18.5 Å². The Balaban J connectivity index is 2.18. The molecule has 96 valence electrons. The molecular weight excluding hydrogens is 287 g/mol. The van der Waals surface area contributed by atoms with Gasteiger partial charge < -0.3 is 0 Å². The Morgan fingerprint density at radius 1 is 1.00 bits per heavy atom. The summed E-state index contributed by atoms with van der Waals surface area (Å²) < 4.78 is 0. The number of benzene rings is 1. The zero-order valence-corrected chi connectivity index (χ0v) is 11.1. The number of hydrogen-bond acceptors (Lipinski definition) is 4. The van der Waals surface area contributed by atoms with Gasteiger partial charge in [-0.25, -0.2) is 9.97 Å². The van der Waals surface area contributed by atoms with Crippen molar-refractivity contribution < 1.29 is 9.59 Å². The standard InChI is InChI=1S/C13H8Cl2N2O2/c14-9-4-1-3-8(12(9)15)10(18)7-11(19)13-16-5-2-6-17-13/h1-6H,7H2. The van der Waals surface area contributed by atoms with E-state index in [1.54, 1.807) is 18.2 Å². The molecule has 0 amide bonds. The zero-order chi connectivity index (χ0) is 13.8. The molecule has 0 saturated carbocycles. The van der Waals surface area contributed by atoms with Crippen LogP contribution in [0.4, 0.5) is 0 Å². The molecule has 1 aromatic heterocycles. The van der Waals surface area contributed by atoms with Crippen LogP contribution in [0.5, 0.6) is 0 Å². The second-order valence-corrected chi connectivity index (χ2v) is 4.48. The first kappa shape index (κ1) is 13.6. The second-order valence-electron chi connectivity index (χ2n) is 3.70. The highest BCUT2D eigenvalue weighted by molar-refractivity contribution is 6.44. The van der Waals surface area contributed by atoms with Gasteiger partial charge >= 0.3 is 0 Å². The molecule has 0 radical (unpaired) electrons. The maximum atomic E-state index is 12.0. The molecule has 0 N–H and O–H groups in total. The van der Waals surface area contributed by atoms with E-state index in [-0.39, 0.29) is 27.9 Å². The van der Waals surface area contributed by atoms with Crippen LogP contribution in [0.1, 0.15) is 27.4 Å². The van der Waals surface area contributed by atoms with Gasteiger partial charge in [0.15, 0.2) is 11.6 Å². The minimum atomic E-state index is -0.457. The number of rotatable bonds is 4. The van der Waals surface area contributed by atoms with Gasteiger partial charge in [-0.3, -0.25) is 9.59 Å². The number of carbonyl (C=O) groups excluding carboxylic acids is 2. The summed E-state index contributed by atoms with van der Waals surface area (Å²) in [6.07, 6.45) is 2.54. The van der Waals surface area contributed by atoms with E-state index >= 15 is 0 Å². The van der Waals surface area contributed by atoms with E-state index in [2.05, 4.69) is 9.97 Å². The molecule has 2 rings (SSSR count). The second kappa shape index (κ2) is 5.91. The lowest BCUT2D eigenvalue weighted by Crippen LogP contribution is -2.11. The summed E-state index contributed by atoms with van der Waals surface area (Å²) in [5, 5.41) is 0.423. The molecular formula is C13H8Cl2N2O2. The number of Topliss-reactive ketones (excluding diaryl/α,β-unsaturated/α-hetero) is 2. The Hall–Kier alpha value is -1.78. The van der Waals surface area contributed by atoms with Gasteiger partial charge in [0.1, 0.15) is 0 Å². The average Bonchev–Trinajstić information content (AvgIpc) is 2.42. The molecule has 4 nitrogen and oxygen atoms in total. The van der Waals surface area contributed by atoms with Crippen molar-refractivity contribution in [1.82, 2.24) is 9.97 Å². The molecule has 0 aliphatic heterocycles. The van der Waals surface area contributed by atoms with Crippen LogP contribution in [0.25, 0.3) is 0 Å². The van der Waals surface area contributed by atoms with Crippen molar-refractivity contribution in [1.29, 1.82) is 0 Å². The van der Waals surface area contributed by atoms with E-state index in [1.807, 2.05) is 0 Å². The lowest BCUT2D eigenvalue weighted by molar-refractivity contribution is 0.0888. The third-order valence-electron chi connectivity index (χ3n) is 2.39. The van der Waals surface area contributed by atoms with Crippen molar-refractivity contribution >= 4 is 34.8 Å². The van der Waals surface area contributed by atoms with Crippen LogP contribution in [0.3, 0.4) is 0 Å². The van der Waals surface area contributed by atoms with E-state index < -0.39 is 11.6 Å². The SMILES string of the molecule is O=C(CC(=O)c1cccc(Cl)c1Cl)c1ncccn1. The number of carbonyl (C=O) groups is 2. The summed E-state index contributed by atoms with van der Waals surface area (Å²) in [6, 6.07) is 6.29. The third-order valence-corrected chi connectivity index (χ3v) is 3.21. The highest BCUT2D eigenvalue weighted by atomic mass is 35.5. The Morgan fingerprint density at radius 2 is 1.68 bits per heavy atom. The maximum Gasteiger partial charge on any atom is 0.207 e. The Bertz CT molecular complexity index is 630. The molecule has 0 saturated heterocycles. The molecule has 0 aliphatic rings. The van der Waals surface area contributed by atoms with Crippen LogP contribution in [0.15, 0.2) is 36.7 Å². The van der Waals surface area contributed by atoms with E-state index in [0.29, 0.717) is 0 Å². The molecule has 0 bridgehead atoms. The molecule has 19 heavy (non-hydrogen) atoms. The van der Waals surface area contributed by atoms with E-state index in [9.17, 15) is 9.59 Å². The van der Waals surface area contributed by atoms with Gasteiger partial charge in [0.05, 0.1) is 16.5 Å². The number of nitrogens with zero attached hydrogens (tertiary/aromatic N) is 2. The Morgan fingerprint density at radius 3 is 2.37 bits per heavy atom. The van der Waals surface area contributed by atoms with E-state index in [4.69, 9.17) is 23.2 Å². The first-order chi connectivity index (χ1) is 9.09. The van der Waals surface area contributed by atoms with Crippen molar-refractivity contribution in [2.75, 3.05) is 0 Å². The summed E-state index contributed by atoms with van der Waals surface area (Å²) in [4.78, 5) is 31.4. The predicted octanol–water partition coefficient (Wildman–Crippen LogP) is 3.24. The van der Waals surface area contributed by atoms with Gasteiger partial charge in [-0.15, -0.1) is 0 Å². The van der Waals surface area contributed by atoms with Crippen molar-refractivity contribution in [2.24, 2.45) is 0 Å². The summed E-state index contributed by atoms with van der Waals surface area (Å²) in [5.74, 6) is -0.861. The fraction of sp³-hybridized carbons (Fsp3) is 0.0769. The molecule has 0 fully saturated rings. The number of ketones is 2. The average molecular weight is 295 g/mol. The van der Waals surface area contributed by atoms with Crippen molar-refractivity contribution in [2.45, 2.75) is 6.42 Å². The number of aromatic nitrogens is 2. The largest absolute Gasteiger partial charge is 0.294 e. The highest BCUT2D eigenvalue weighted by Crippen LogP contribution is 2.26. The first-order valence-corrected chi connectivity index (χ1v) is 6.12. The van der Waals surface area contributed by atoms with Gasteiger partial charge in [0.25, 0.3) is 0 Å². The topological polar surface area (TPSA) is 59.9 Å². The van der Waals surface area contributed by atoms with Crippen LogP contribution < -0.4 is 0 Å². The van der Waals surface area contributed by atoms with Gasteiger partial charge in [-0.2, -0.15) is 0 Å². The predicted molar refractivity (Wildman–Crippen MR) is 71.8 cm³/mol. The monoisotopic (exact) mass is 294 g/mol. The molecule has 1 heterocycles. The number of halogens is 2. The van der Waals surface area contributed by atoms with Gasteiger partial charge in [0, 0.05) is 18.0 Å². The lowest BCUT2D eigenvalue weighted by Gasteiger charge is -2.04. The molecule has 0 atom stereocenters. The quantitative estimate of drug-likeness (QED) is 0.641. The minimum Gasteiger partial charge on any atom is -0.294 e. The Labute approximate surface area is 119 Å². The van der Waals surface area contributed by atoms with Crippen LogP contribution in [0, 0.1) is 0 Å². The van der Waals surface area contributed by atoms with E-state index in [0.717, 1.165) is 0 Å². The van der Waals surface area contributed by atoms with Gasteiger partial charge in [-0.1, -0.05) is 29.3 Å². The van der Waals surface area contributed by atoms with Crippen LogP contribution in [-0.4, -0.2) is 21.5 Å². The van der Waals surface area contributed by atoms with Crippen molar-refractivity contribution in [3.63, 3.8) is 0 Å². The van der Waals surface area contributed by atoms with Crippen molar-refractivity contribution in [3.05, 3.63) is 58.1 Å². The fourth-order valence-electron chi connectivity index (χ4n) is 1.48. The smallest absolute Gasteiger partial charge is 0.207 e. The molecule has 1 aromatic carbocycles. The van der Waals surface area contributed by atoms with Crippen LogP contribution >= 0.6 is 23.2 Å². The molecule has 0 spiro atoms. The normalized spacial score (nSPS) is 10.2. The summed E-state index contributed by atoms with van der Waals surface area (Å²) in [5.41, 5.74) is 0.221. The first-order valence-electron chi connectivity index (χ1n) is 5.37. The highest BCUT2D eigenvalue weighted by Gasteiger charge is 2.18. The van der Waals surface area contributed by atoms with Gasteiger partial charge in [0.2, 0.25) is 5.78 Å². The third kappa shape index (κ3) is 3.16. The molecule has 0 aliphatic carbocycles. The van der Waals surface area contributed by atoms with Crippen LogP contribution in [-0.2, 0) is 0 Å². The molecule has 2 aromatic rings. The summed E-state index contributed by atoms with van der Waals surface area (Å²) in [7, 11) is 0. The van der Waals surface area contributed by atoms with Crippen molar-refractivity contribution in [3.8, 4) is 0 Å².